The fourth-order valence-corrected chi connectivity index (χ4v) is 5.51. The van der Waals surface area contributed by atoms with Gasteiger partial charge in [-0.3, -0.25) is 9.36 Å². The van der Waals surface area contributed by atoms with E-state index in [-0.39, 0.29) is 11.6 Å². The monoisotopic (exact) mass is 495 g/mol. The van der Waals surface area contributed by atoms with E-state index in [1.165, 1.54) is 0 Å². The lowest BCUT2D eigenvalue weighted by Crippen LogP contribution is -2.44. The van der Waals surface area contributed by atoms with Crippen molar-refractivity contribution in [2.75, 3.05) is 43.4 Å². The Morgan fingerprint density at radius 3 is 2.46 bits per heavy atom. The van der Waals surface area contributed by atoms with Crippen molar-refractivity contribution in [1.82, 2.24) is 24.4 Å². The Bertz CT molecular complexity index is 1420. The molecule has 6 rings (SSSR count). The van der Waals surface area contributed by atoms with Crippen LogP contribution in [0.25, 0.3) is 11.0 Å². The molecule has 0 radical (unpaired) electrons. The van der Waals surface area contributed by atoms with Crippen LogP contribution >= 0.6 is 0 Å². The number of aromatic nitrogens is 4. The van der Waals surface area contributed by atoms with Gasteiger partial charge in [-0.1, -0.05) is 43.2 Å². The first-order valence-corrected chi connectivity index (χ1v) is 13.3. The van der Waals surface area contributed by atoms with Crippen molar-refractivity contribution in [2.45, 2.75) is 38.1 Å². The minimum absolute atomic E-state index is 0.0579. The molecule has 2 aliphatic rings. The number of nitrogens with one attached hydrogen (secondary N) is 1. The topological polar surface area (TPSA) is 79.2 Å². The molecule has 1 aliphatic carbocycles. The smallest absolute Gasteiger partial charge is 0.256 e. The summed E-state index contributed by atoms with van der Waals surface area (Å²) < 4.78 is 1.93. The zero-order chi connectivity index (χ0) is 25.2. The van der Waals surface area contributed by atoms with Crippen molar-refractivity contribution in [3.63, 3.8) is 0 Å². The van der Waals surface area contributed by atoms with Gasteiger partial charge in [0.15, 0.2) is 0 Å². The molecule has 37 heavy (non-hydrogen) atoms. The summed E-state index contributed by atoms with van der Waals surface area (Å²) in [6.07, 6.45) is 8.62. The van der Waals surface area contributed by atoms with E-state index >= 15 is 0 Å². The van der Waals surface area contributed by atoms with Gasteiger partial charge in [0.2, 0.25) is 5.95 Å². The molecule has 1 saturated carbocycles. The molecule has 8 nitrogen and oxygen atoms in total. The van der Waals surface area contributed by atoms with E-state index in [1.54, 1.807) is 0 Å². The van der Waals surface area contributed by atoms with Crippen LogP contribution < -0.4 is 15.8 Å². The summed E-state index contributed by atoms with van der Waals surface area (Å²) in [6.45, 7) is 4.12. The number of hydrogen-bond acceptors (Lipinski definition) is 7. The molecule has 1 aliphatic heterocycles. The maximum atomic E-state index is 13.7. The highest BCUT2D eigenvalue weighted by Crippen LogP contribution is 2.31. The molecule has 4 aromatic rings. The number of hydrogen-bond donors (Lipinski definition) is 1. The molecule has 8 heteroatoms. The number of benzene rings is 1. The predicted molar refractivity (Wildman–Crippen MR) is 148 cm³/mol. The number of piperazine rings is 1. The van der Waals surface area contributed by atoms with Crippen molar-refractivity contribution >= 4 is 28.5 Å². The van der Waals surface area contributed by atoms with Gasteiger partial charge in [0.05, 0.1) is 11.9 Å². The average molecular weight is 496 g/mol. The summed E-state index contributed by atoms with van der Waals surface area (Å²) in [5, 5.41) is 4.14. The maximum absolute atomic E-state index is 13.7. The largest absolute Gasteiger partial charge is 0.368 e. The van der Waals surface area contributed by atoms with E-state index in [4.69, 9.17) is 4.98 Å². The lowest BCUT2D eigenvalue weighted by Gasteiger charge is -2.33. The Morgan fingerprint density at radius 2 is 1.73 bits per heavy atom. The van der Waals surface area contributed by atoms with E-state index in [2.05, 4.69) is 50.3 Å². The average Bonchev–Trinajstić information content (AvgIpc) is 3.45. The normalized spacial score (nSPS) is 16.9. The summed E-state index contributed by atoms with van der Waals surface area (Å²) in [7, 11) is 2.16. The van der Waals surface area contributed by atoms with E-state index in [0.717, 1.165) is 74.1 Å². The van der Waals surface area contributed by atoms with Gasteiger partial charge in [-0.2, -0.15) is 4.98 Å². The molecule has 0 amide bonds. The van der Waals surface area contributed by atoms with Gasteiger partial charge in [0.25, 0.3) is 5.56 Å². The predicted octanol–water partition coefficient (Wildman–Crippen LogP) is 4.39. The third kappa shape index (κ3) is 5.06. The maximum Gasteiger partial charge on any atom is 0.256 e. The zero-order valence-electron chi connectivity index (χ0n) is 21.3. The molecule has 1 saturated heterocycles. The number of anilines is 3. The molecule has 1 N–H and O–H groups in total. The lowest BCUT2D eigenvalue weighted by atomic mass is 10.0. The molecular weight excluding hydrogens is 462 g/mol. The minimum atomic E-state index is 0.0579. The first kappa shape index (κ1) is 23.6. The number of pyridine rings is 2. The van der Waals surface area contributed by atoms with Gasteiger partial charge >= 0.3 is 0 Å². The van der Waals surface area contributed by atoms with Crippen LogP contribution in [0.5, 0.6) is 0 Å². The molecule has 190 valence electrons. The van der Waals surface area contributed by atoms with Crippen LogP contribution in [0.4, 0.5) is 17.5 Å². The highest BCUT2D eigenvalue weighted by molar-refractivity contribution is 5.77. The molecule has 0 bridgehead atoms. The molecule has 2 fully saturated rings. The van der Waals surface area contributed by atoms with Gasteiger partial charge in [0, 0.05) is 55.8 Å². The van der Waals surface area contributed by atoms with Crippen LogP contribution in [-0.2, 0) is 6.42 Å². The summed E-state index contributed by atoms with van der Waals surface area (Å²) in [5.74, 6) is 1.14. The Labute approximate surface area is 217 Å². The Hall–Kier alpha value is -3.78. The zero-order valence-corrected chi connectivity index (χ0v) is 21.3. The minimum Gasteiger partial charge on any atom is -0.368 e. The van der Waals surface area contributed by atoms with E-state index in [1.807, 2.05) is 47.3 Å². The van der Waals surface area contributed by atoms with Crippen molar-refractivity contribution in [1.29, 1.82) is 0 Å². The standard InChI is InChI=1S/C29H33N7O/c1-34-13-15-35(16-14-34)25-11-12-26(30-20-25)32-29-31-19-23-18-22(17-21-7-3-2-4-8-21)28(37)36(27(23)33-29)24-9-5-6-10-24/h2-4,7-8,11-12,18-20,24H,5-6,9-10,13-17H2,1H3,(H,30,31,32,33). The van der Waals surface area contributed by atoms with Crippen LogP contribution in [0.15, 0.2) is 65.7 Å². The summed E-state index contributed by atoms with van der Waals surface area (Å²) >= 11 is 0. The number of likely N-dealkylation sites (N-methyl/N-ethyl adjacent to an activating group) is 1. The Kier molecular flexibility index (Phi) is 6.57. The van der Waals surface area contributed by atoms with E-state index < -0.39 is 0 Å². The number of rotatable bonds is 6. The molecule has 0 atom stereocenters. The fraction of sp³-hybridized carbons (Fsp3) is 0.379. The van der Waals surface area contributed by atoms with Crippen LogP contribution in [0.3, 0.4) is 0 Å². The molecular formula is C29H33N7O. The van der Waals surface area contributed by atoms with Crippen molar-refractivity contribution < 1.29 is 0 Å². The molecule has 0 spiro atoms. The highest BCUT2D eigenvalue weighted by atomic mass is 16.1. The van der Waals surface area contributed by atoms with Crippen LogP contribution in [-0.4, -0.2) is 57.6 Å². The molecule has 1 aromatic carbocycles. The Morgan fingerprint density at radius 1 is 0.946 bits per heavy atom. The van der Waals surface area contributed by atoms with E-state index in [0.29, 0.717) is 23.8 Å². The number of nitrogens with zero attached hydrogens (tertiary/aromatic N) is 6. The SMILES string of the molecule is CN1CCN(c2ccc(Nc3ncc4cc(Cc5ccccc5)c(=O)n(C5CCCC5)c4n3)nc2)CC1. The van der Waals surface area contributed by atoms with Crippen LogP contribution in [0.2, 0.25) is 0 Å². The van der Waals surface area contributed by atoms with Gasteiger partial charge in [-0.15, -0.1) is 0 Å². The third-order valence-electron chi connectivity index (χ3n) is 7.63. The third-order valence-corrected chi connectivity index (χ3v) is 7.63. The van der Waals surface area contributed by atoms with Crippen molar-refractivity contribution in [3.05, 3.63) is 82.4 Å². The van der Waals surface area contributed by atoms with Gasteiger partial charge < -0.3 is 15.1 Å². The van der Waals surface area contributed by atoms with Crippen molar-refractivity contribution in [3.8, 4) is 0 Å². The van der Waals surface area contributed by atoms with Gasteiger partial charge in [-0.05, 0) is 43.7 Å². The molecule has 3 aromatic heterocycles. The second-order valence-electron chi connectivity index (χ2n) is 10.2. The van der Waals surface area contributed by atoms with Crippen LogP contribution in [0, 0.1) is 0 Å². The summed E-state index contributed by atoms with van der Waals surface area (Å²) in [6, 6.07) is 16.3. The van der Waals surface area contributed by atoms with Gasteiger partial charge in [-0.25, -0.2) is 9.97 Å². The first-order chi connectivity index (χ1) is 18.1. The quantitative estimate of drug-likeness (QED) is 0.425. The molecule has 4 heterocycles. The Balaban J connectivity index is 1.30. The molecule has 0 unspecified atom stereocenters. The second-order valence-corrected chi connectivity index (χ2v) is 10.2. The van der Waals surface area contributed by atoms with Crippen LogP contribution in [0.1, 0.15) is 42.9 Å². The van der Waals surface area contributed by atoms with Crippen molar-refractivity contribution in [2.24, 2.45) is 0 Å². The first-order valence-electron chi connectivity index (χ1n) is 13.3. The fourth-order valence-electron chi connectivity index (χ4n) is 5.51. The lowest BCUT2D eigenvalue weighted by molar-refractivity contribution is 0.313. The van der Waals surface area contributed by atoms with E-state index in [9.17, 15) is 4.79 Å². The highest BCUT2D eigenvalue weighted by Gasteiger charge is 2.23. The summed E-state index contributed by atoms with van der Waals surface area (Å²) in [4.78, 5) is 32.4. The second kappa shape index (κ2) is 10.3. The summed E-state index contributed by atoms with van der Waals surface area (Å²) in [5.41, 5.74) is 3.79. The number of fused-ring (bicyclic) bond motifs is 1. The van der Waals surface area contributed by atoms with Gasteiger partial charge in [0.1, 0.15) is 11.5 Å².